The fourth-order valence-electron chi connectivity index (χ4n) is 1.92. The van der Waals surface area contributed by atoms with Crippen LogP contribution in [0.15, 0.2) is 17.5 Å². The van der Waals surface area contributed by atoms with Crippen LogP contribution >= 0.6 is 11.3 Å². The summed E-state index contributed by atoms with van der Waals surface area (Å²) in [6, 6.07) is 4.42. The molecule has 2 rings (SSSR count). The molecule has 0 radical (unpaired) electrons. The van der Waals surface area contributed by atoms with Crippen molar-refractivity contribution < 1.29 is 4.74 Å². The second-order valence-electron chi connectivity index (χ2n) is 3.88. The number of hydrogen-bond donors (Lipinski definition) is 1. The molecule has 2 nitrogen and oxygen atoms in total. The van der Waals surface area contributed by atoms with E-state index >= 15 is 0 Å². The van der Waals surface area contributed by atoms with Gasteiger partial charge in [-0.3, -0.25) is 0 Å². The highest BCUT2D eigenvalue weighted by molar-refractivity contribution is 7.09. The number of rotatable bonds is 3. The first-order valence-corrected chi connectivity index (χ1v) is 6.14. The molecule has 0 aromatic carbocycles. The van der Waals surface area contributed by atoms with E-state index in [4.69, 9.17) is 10.5 Å². The summed E-state index contributed by atoms with van der Waals surface area (Å²) in [5, 5.41) is 2.08. The van der Waals surface area contributed by atoms with Gasteiger partial charge in [0.15, 0.2) is 0 Å². The van der Waals surface area contributed by atoms with Crippen molar-refractivity contribution >= 4 is 11.3 Å². The molecule has 1 aromatic rings. The fourth-order valence-corrected chi connectivity index (χ4v) is 2.54. The lowest BCUT2D eigenvalue weighted by Crippen LogP contribution is -2.39. The van der Waals surface area contributed by atoms with Crippen LogP contribution in [0.2, 0.25) is 0 Å². The molecule has 2 unspecified atom stereocenters. The summed E-state index contributed by atoms with van der Waals surface area (Å²) in [5.74, 6) is 0. The highest BCUT2D eigenvalue weighted by atomic mass is 32.1. The van der Waals surface area contributed by atoms with Gasteiger partial charge in [0.05, 0.1) is 12.7 Å². The first-order valence-electron chi connectivity index (χ1n) is 5.26. The van der Waals surface area contributed by atoms with Crippen molar-refractivity contribution in [1.82, 2.24) is 0 Å². The Labute approximate surface area is 89.1 Å². The first-order chi connectivity index (χ1) is 6.86. The maximum atomic E-state index is 6.00. The highest BCUT2D eigenvalue weighted by Crippen LogP contribution is 2.21. The molecule has 0 aliphatic heterocycles. The molecule has 0 bridgehead atoms. The van der Waals surface area contributed by atoms with E-state index in [1.807, 2.05) is 0 Å². The Bertz CT molecular complexity index is 260. The van der Waals surface area contributed by atoms with Crippen LogP contribution in [0.3, 0.4) is 0 Å². The average molecular weight is 211 g/mol. The zero-order valence-corrected chi connectivity index (χ0v) is 9.13. The molecule has 1 heterocycles. The Kier molecular flexibility index (Phi) is 3.56. The summed E-state index contributed by atoms with van der Waals surface area (Å²) in [7, 11) is 0. The van der Waals surface area contributed by atoms with Crippen LogP contribution in [0.25, 0.3) is 0 Å². The second-order valence-corrected chi connectivity index (χ2v) is 4.91. The van der Waals surface area contributed by atoms with Crippen LogP contribution in [0.5, 0.6) is 0 Å². The lowest BCUT2D eigenvalue weighted by Gasteiger charge is -2.28. The van der Waals surface area contributed by atoms with E-state index < -0.39 is 0 Å². The summed E-state index contributed by atoms with van der Waals surface area (Å²) in [4.78, 5) is 1.29. The van der Waals surface area contributed by atoms with Crippen LogP contribution in [-0.2, 0) is 11.3 Å². The minimum Gasteiger partial charge on any atom is -0.371 e. The molecule has 1 fully saturated rings. The van der Waals surface area contributed by atoms with Gasteiger partial charge in [-0.1, -0.05) is 18.9 Å². The molecule has 0 saturated heterocycles. The van der Waals surface area contributed by atoms with Crippen molar-refractivity contribution in [3.05, 3.63) is 22.4 Å². The zero-order valence-electron chi connectivity index (χ0n) is 8.32. The number of hydrogen-bond acceptors (Lipinski definition) is 3. The summed E-state index contributed by atoms with van der Waals surface area (Å²) >= 11 is 1.75. The third-order valence-electron chi connectivity index (χ3n) is 2.77. The van der Waals surface area contributed by atoms with Crippen molar-refractivity contribution in [2.24, 2.45) is 5.73 Å². The van der Waals surface area contributed by atoms with Gasteiger partial charge in [0.1, 0.15) is 0 Å². The van der Waals surface area contributed by atoms with E-state index in [9.17, 15) is 0 Å². The van der Waals surface area contributed by atoms with Crippen molar-refractivity contribution in [3.8, 4) is 0 Å². The molecule has 78 valence electrons. The van der Waals surface area contributed by atoms with Gasteiger partial charge in [0.25, 0.3) is 0 Å². The summed E-state index contributed by atoms with van der Waals surface area (Å²) in [6.07, 6.45) is 5.07. The van der Waals surface area contributed by atoms with Crippen molar-refractivity contribution in [2.45, 2.75) is 44.4 Å². The molecular weight excluding hydrogens is 194 g/mol. The standard InChI is InChI=1S/C11H17NOS/c12-10-5-1-2-6-11(10)13-8-9-4-3-7-14-9/h3-4,7,10-11H,1-2,5-6,8,12H2. The lowest BCUT2D eigenvalue weighted by molar-refractivity contribution is 0.00530. The number of nitrogens with two attached hydrogens (primary N) is 1. The summed E-state index contributed by atoms with van der Waals surface area (Å²) in [5.41, 5.74) is 6.00. The Hall–Kier alpha value is -0.380. The molecule has 2 N–H and O–H groups in total. The Balaban J connectivity index is 1.79. The van der Waals surface area contributed by atoms with Gasteiger partial charge in [0.2, 0.25) is 0 Å². The van der Waals surface area contributed by atoms with Gasteiger partial charge >= 0.3 is 0 Å². The zero-order chi connectivity index (χ0) is 9.80. The molecule has 0 spiro atoms. The van der Waals surface area contributed by atoms with E-state index in [1.54, 1.807) is 11.3 Å². The predicted molar refractivity (Wildman–Crippen MR) is 59.3 cm³/mol. The van der Waals surface area contributed by atoms with Crippen molar-refractivity contribution in [2.75, 3.05) is 0 Å². The van der Waals surface area contributed by atoms with Crippen molar-refractivity contribution in [1.29, 1.82) is 0 Å². The minimum atomic E-state index is 0.253. The van der Waals surface area contributed by atoms with Crippen molar-refractivity contribution in [3.63, 3.8) is 0 Å². The normalized spacial score (nSPS) is 27.8. The summed E-state index contributed by atoms with van der Waals surface area (Å²) in [6.45, 7) is 0.732. The second kappa shape index (κ2) is 4.91. The van der Waals surface area contributed by atoms with Gasteiger partial charge in [0, 0.05) is 10.9 Å². The average Bonchev–Trinajstić information content (AvgIpc) is 2.69. The molecule has 14 heavy (non-hydrogen) atoms. The molecule has 1 saturated carbocycles. The largest absolute Gasteiger partial charge is 0.371 e. The maximum Gasteiger partial charge on any atom is 0.0813 e. The third-order valence-corrected chi connectivity index (χ3v) is 3.62. The number of ether oxygens (including phenoxy) is 1. The molecule has 3 heteroatoms. The van der Waals surface area contributed by atoms with Crippen LogP contribution in [0, 0.1) is 0 Å². The monoisotopic (exact) mass is 211 g/mol. The Morgan fingerprint density at radius 1 is 1.43 bits per heavy atom. The quantitative estimate of drug-likeness (QED) is 0.834. The molecule has 2 atom stereocenters. The predicted octanol–water partition coefficient (Wildman–Crippen LogP) is 2.53. The highest BCUT2D eigenvalue weighted by Gasteiger charge is 2.22. The first kappa shape index (κ1) is 10.1. The molecule has 0 amide bonds. The lowest BCUT2D eigenvalue weighted by atomic mass is 9.93. The van der Waals surface area contributed by atoms with E-state index in [2.05, 4.69) is 17.5 Å². The molecular formula is C11H17NOS. The topological polar surface area (TPSA) is 35.2 Å². The SMILES string of the molecule is NC1CCCCC1OCc1cccs1. The van der Waals surface area contributed by atoms with Crippen LogP contribution in [0.1, 0.15) is 30.6 Å². The van der Waals surface area contributed by atoms with Gasteiger partial charge in [-0.2, -0.15) is 0 Å². The minimum absolute atomic E-state index is 0.253. The van der Waals surface area contributed by atoms with E-state index in [0.29, 0.717) is 0 Å². The van der Waals surface area contributed by atoms with Gasteiger partial charge in [-0.05, 0) is 24.3 Å². The smallest absolute Gasteiger partial charge is 0.0813 e. The van der Waals surface area contributed by atoms with E-state index in [1.165, 1.54) is 17.7 Å². The molecule has 1 aliphatic carbocycles. The van der Waals surface area contributed by atoms with Crippen LogP contribution in [-0.4, -0.2) is 12.1 Å². The van der Waals surface area contributed by atoms with Gasteiger partial charge < -0.3 is 10.5 Å². The van der Waals surface area contributed by atoms with Gasteiger partial charge in [-0.25, -0.2) is 0 Å². The summed E-state index contributed by atoms with van der Waals surface area (Å²) < 4.78 is 5.82. The third kappa shape index (κ3) is 2.56. The molecule has 1 aromatic heterocycles. The van der Waals surface area contributed by atoms with E-state index in [-0.39, 0.29) is 12.1 Å². The Morgan fingerprint density at radius 3 is 3.00 bits per heavy atom. The molecule has 1 aliphatic rings. The number of thiophene rings is 1. The maximum absolute atomic E-state index is 6.00. The fraction of sp³-hybridized carbons (Fsp3) is 0.636. The Morgan fingerprint density at radius 2 is 2.29 bits per heavy atom. The van der Waals surface area contributed by atoms with E-state index in [0.717, 1.165) is 19.4 Å². The van der Waals surface area contributed by atoms with Gasteiger partial charge in [-0.15, -0.1) is 11.3 Å². The van der Waals surface area contributed by atoms with Crippen LogP contribution in [0.4, 0.5) is 0 Å². The van der Waals surface area contributed by atoms with Crippen LogP contribution < -0.4 is 5.73 Å².